The van der Waals surface area contributed by atoms with Crippen LogP contribution in [0.25, 0.3) is 22.3 Å². The Morgan fingerprint density at radius 1 is 0.606 bits per heavy atom. The minimum atomic E-state index is -1.04. The van der Waals surface area contributed by atoms with Crippen LogP contribution in [0.4, 0.5) is 8.78 Å². The lowest BCUT2D eigenvalue weighted by Gasteiger charge is -2.15. The third-order valence-electron chi connectivity index (χ3n) is 6.36. The van der Waals surface area contributed by atoms with Gasteiger partial charge in [-0.2, -0.15) is 0 Å². The number of halogens is 2. The first kappa shape index (κ1) is 25.4. The molecule has 0 aliphatic carbocycles. The van der Waals surface area contributed by atoms with Crippen molar-refractivity contribution in [3.8, 4) is 22.3 Å². The zero-order valence-corrected chi connectivity index (χ0v) is 21.7. The quantitative estimate of drug-likeness (QED) is 0.196. The molecule has 0 amide bonds. The summed E-state index contributed by atoms with van der Waals surface area (Å²) in [5, 5.41) is 0. The van der Waals surface area contributed by atoms with Crippen LogP contribution in [0.3, 0.4) is 0 Å². The van der Waals surface area contributed by atoms with Crippen LogP contribution in [0.2, 0.25) is 25.7 Å². The number of unbranched alkanes of at least 4 members (excludes halogenated alkanes) is 4. The Balaban J connectivity index is 1.67. The normalized spacial score (nSPS) is 11.7. The molecule has 176 valence electrons. The van der Waals surface area contributed by atoms with Gasteiger partial charge in [0.25, 0.3) is 0 Å². The average molecular weight is 465 g/mol. The van der Waals surface area contributed by atoms with E-state index >= 15 is 0 Å². The van der Waals surface area contributed by atoms with Crippen molar-refractivity contribution in [2.75, 3.05) is 0 Å². The fraction of sp³-hybridized carbons (Fsp3) is 0.400. The third kappa shape index (κ3) is 7.36. The second kappa shape index (κ2) is 11.7. The van der Waals surface area contributed by atoms with Crippen LogP contribution in [-0.4, -0.2) is 8.07 Å². The maximum Gasteiger partial charge on any atom is 0.166 e. The fourth-order valence-corrected chi connectivity index (χ4v) is 5.19. The van der Waals surface area contributed by atoms with Crippen LogP contribution in [0.15, 0.2) is 60.7 Å². The van der Waals surface area contributed by atoms with Crippen molar-refractivity contribution in [2.45, 2.75) is 77.6 Å². The second-order valence-corrected chi connectivity index (χ2v) is 16.0. The molecule has 0 N–H and O–H groups in total. The first-order chi connectivity index (χ1) is 15.8. The van der Waals surface area contributed by atoms with E-state index in [2.05, 4.69) is 50.8 Å². The SMILES string of the molecule is CCCCCCCc1ccc(-c2ccc(-c3ccc(CC[Si](C)(C)C)cc3)cc2)c(F)c1F. The molecule has 3 heteroatoms. The Morgan fingerprint density at radius 3 is 1.79 bits per heavy atom. The average Bonchev–Trinajstić information content (AvgIpc) is 2.80. The largest absolute Gasteiger partial charge is 0.203 e. The summed E-state index contributed by atoms with van der Waals surface area (Å²) in [4.78, 5) is 0. The van der Waals surface area contributed by atoms with E-state index in [4.69, 9.17) is 0 Å². The Bertz CT molecular complexity index is 1010. The van der Waals surface area contributed by atoms with Gasteiger partial charge in [-0.3, -0.25) is 0 Å². The molecule has 0 heterocycles. The van der Waals surface area contributed by atoms with Crippen molar-refractivity contribution in [1.82, 2.24) is 0 Å². The topological polar surface area (TPSA) is 0 Å². The maximum absolute atomic E-state index is 14.8. The number of hydrogen-bond acceptors (Lipinski definition) is 0. The highest BCUT2D eigenvalue weighted by Gasteiger charge is 2.15. The van der Waals surface area contributed by atoms with Crippen LogP contribution < -0.4 is 0 Å². The van der Waals surface area contributed by atoms with Crippen LogP contribution in [-0.2, 0) is 12.8 Å². The van der Waals surface area contributed by atoms with Crippen LogP contribution in [0, 0.1) is 11.6 Å². The van der Waals surface area contributed by atoms with Gasteiger partial charge in [-0.25, -0.2) is 8.78 Å². The molecule has 0 aromatic heterocycles. The Labute approximate surface area is 200 Å². The van der Waals surface area contributed by atoms with Crippen molar-refractivity contribution >= 4 is 8.07 Å². The first-order valence-corrected chi connectivity index (χ1v) is 16.2. The summed E-state index contributed by atoms with van der Waals surface area (Å²) in [6, 6.07) is 21.3. The van der Waals surface area contributed by atoms with Crippen molar-refractivity contribution in [1.29, 1.82) is 0 Å². The number of aryl methyl sites for hydroxylation is 2. The maximum atomic E-state index is 14.8. The third-order valence-corrected chi connectivity index (χ3v) is 8.11. The van der Waals surface area contributed by atoms with Gasteiger partial charge in [-0.1, -0.05) is 119 Å². The summed E-state index contributed by atoms with van der Waals surface area (Å²) in [5.74, 6) is -1.43. The molecule has 33 heavy (non-hydrogen) atoms. The van der Waals surface area contributed by atoms with Gasteiger partial charge in [0.1, 0.15) is 0 Å². The summed E-state index contributed by atoms with van der Waals surface area (Å²) in [5.41, 5.74) is 5.12. The van der Waals surface area contributed by atoms with Crippen LogP contribution in [0.1, 0.15) is 50.2 Å². The molecule has 3 rings (SSSR count). The molecule has 0 aliphatic rings. The smallest absolute Gasteiger partial charge is 0.166 e. The molecule has 0 nitrogen and oxygen atoms in total. The summed E-state index contributed by atoms with van der Waals surface area (Å²) < 4.78 is 29.5. The Hall–Kier alpha value is -2.26. The predicted molar refractivity (Wildman–Crippen MR) is 142 cm³/mol. The van der Waals surface area contributed by atoms with Crippen LogP contribution in [0.5, 0.6) is 0 Å². The molecule has 0 unspecified atom stereocenters. The summed E-state index contributed by atoms with van der Waals surface area (Å²) in [7, 11) is -1.04. The van der Waals surface area contributed by atoms with Gasteiger partial charge >= 0.3 is 0 Å². The lowest BCUT2D eigenvalue weighted by Crippen LogP contribution is -2.19. The Morgan fingerprint density at radius 2 is 1.18 bits per heavy atom. The molecule has 3 aromatic rings. The van der Waals surface area contributed by atoms with Crippen molar-refractivity contribution in [3.63, 3.8) is 0 Å². The molecular formula is C30H38F2Si. The molecule has 0 aliphatic heterocycles. The molecule has 0 spiro atoms. The minimum absolute atomic E-state index is 0.329. The Kier molecular flexibility index (Phi) is 9.02. The highest BCUT2D eigenvalue weighted by Crippen LogP contribution is 2.30. The van der Waals surface area contributed by atoms with Gasteiger partial charge in [-0.05, 0) is 47.1 Å². The molecule has 0 fully saturated rings. The highest BCUT2D eigenvalue weighted by atomic mass is 28.3. The van der Waals surface area contributed by atoms with E-state index in [-0.39, 0.29) is 0 Å². The molecule has 0 atom stereocenters. The second-order valence-electron chi connectivity index (χ2n) is 10.4. The summed E-state index contributed by atoms with van der Waals surface area (Å²) in [6.07, 6.45) is 7.24. The van der Waals surface area contributed by atoms with Gasteiger partial charge in [0, 0.05) is 13.6 Å². The van der Waals surface area contributed by atoms with Gasteiger partial charge in [0.15, 0.2) is 11.6 Å². The van der Waals surface area contributed by atoms with Gasteiger partial charge in [0.05, 0.1) is 0 Å². The molecule has 0 bridgehead atoms. The van der Waals surface area contributed by atoms with E-state index in [9.17, 15) is 8.78 Å². The monoisotopic (exact) mass is 464 g/mol. The summed E-state index contributed by atoms with van der Waals surface area (Å²) >= 11 is 0. The van der Waals surface area contributed by atoms with Gasteiger partial charge < -0.3 is 0 Å². The molecule has 3 aromatic carbocycles. The lowest BCUT2D eigenvalue weighted by atomic mass is 9.97. The van der Waals surface area contributed by atoms with Crippen molar-refractivity contribution in [2.24, 2.45) is 0 Å². The van der Waals surface area contributed by atoms with Crippen LogP contribution >= 0.6 is 0 Å². The number of hydrogen-bond donors (Lipinski definition) is 0. The molecule has 0 saturated carbocycles. The van der Waals surface area contributed by atoms with E-state index in [0.29, 0.717) is 23.1 Å². The van der Waals surface area contributed by atoms with Crippen molar-refractivity contribution in [3.05, 3.63) is 83.4 Å². The van der Waals surface area contributed by atoms with E-state index in [1.165, 1.54) is 24.4 Å². The van der Waals surface area contributed by atoms with E-state index in [1.807, 2.05) is 24.3 Å². The highest BCUT2D eigenvalue weighted by molar-refractivity contribution is 6.76. The minimum Gasteiger partial charge on any atom is -0.203 e. The first-order valence-electron chi connectivity index (χ1n) is 12.4. The molecule has 0 saturated heterocycles. The summed E-state index contributed by atoms with van der Waals surface area (Å²) in [6.45, 7) is 9.38. The van der Waals surface area contributed by atoms with E-state index < -0.39 is 19.7 Å². The number of benzene rings is 3. The lowest BCUT2D eigenvalue weighted by molar-refractivity contribution is 0.497. The van der Waals surface area contributed by atoms with Crippen molar-refractivity contribution < 1.29 is 8.78 Å². The predicted octanol–water partition coefficient (Wildman–Crippen LogP) is 9.69. The zero-order valence-electron chi connectivity index (χ0n) is 20.7. The number of rotatable bonds is 11. The van der Waals surface area contributed by atoms with Gasteiger partial charge in [-0.15, -0.1) is 0 Å². The van der Waals surface area contributed by atoms with E-state index in [0.717, 1.165) is 36.8 Å². The molecule has 0 radical (unpaired) electrons. The fourth-order valence-electron chi connectivity index (χ4n) is 4.15. The van der Waals surface area contributed by atoms with E-state index in [1.54, 1.807) is 12.1 Å². The zero-order chi connectivity index (χ0) is 23.8. The standard InChI is InChI=1S/C30H38F2Si/c1-5-6-7-8-9-10-27-19-20-28(30(32)29(27)31)26-17-15-25(16-18-26)24-13-11-23(12-14-24)21-22-33(2,3)4/h11-20H,5-10,21-22H2,1-4H3. The van der Waals surface area contributed by atoms with Gasteiger partial charge in [0.2, 0.25) is 0 Å². The molecular weight excluding hydrogens is 426 g/mol.